The summed E-state index contributed by atoms with van der Waals surface area (Å²) in [4.78, 5) is 14.6. The Hall–Kier alpha value is -1.61. The van der Waals surface area contributed by atoms with Crippen LogP contribution in [0.25, 0.3) is 10.9 Å². The van der Waals surface area contributed by atoms with Gasteiger partial charge < -0.3 is 10.7 Å². The Morgan fingerprint density at radius 2 is 2.19 bits per heavy atom. The first kappa shape index (κ1) is 10.9. The maximum Gasteiger partial charge on any atom is 0.159 e. The van der Waals surface area contributed by atoms with Gasteiger partial charge in [-0.1, -0.05) is 0 Å². The SMILES string of the molecule is CC(=O)c1ccc2[nH]c(C)c(CCN)c2c1. The normalized spacial score (nSPS) is 10.9. The number of ketones is 1. The van der Waals surface area contributed by atoms with Crippen LogP contribution >= 0.6 is 0 Å². The van der Waals surface area contributed by atoms with E-state index in [2.05, 4.69) is 4.98 Å². The van der Waals surface area contributed by atoms with E-state index in [0.717, 1.165) is 28.6 Å². The standard InChI is InChI=1S/C13H16N2O/c1-8-11(5-6-14)12-7-10(9(2)16)3-4-13(12)15-8/h3-4,7,15H,5-6,14H2,1-2H3. The molecule has 84 valence electrons. The molecule has 16 heavy (non-hydrogen) atoms. The molecular weight excluding hydrogens is 200 g/mol. The van der Waals surface area contributed by atoms with Crippen molar-refractivity contribution >= 4 is 16.7 Å². The van der Waals surface area contributed by atoms with Gasteiger partial charge in [-0.3, -0.25) is 4.79 Å². The van der Waals surface area contributed by atoms with Gasteiger partial charge in [0.2, 0.25) is 0 Å². The van der Waals surface area contributed by atoms with Crippen molar-refractivity contribution in [3.05, 3.63) is 35.0 Å². The van der Waals surface area contributed by atoms with Gasteiger partial charge in [-0.05, 0) is 50.6 Å². The van der Waals surface area contributed by atoms with Crippen LogP contribution in [-0.2, 0) is 6.42 Å². The zero-order valence-corrected chi connectivity index (χ0v) is 9.63. The molecule has 0 aliphatic heterocycles. The fourth-order valence-corrected chi connectivity index (χ4v) is 2.07. The Morgan fingerprint density at radius 3 is 2.81 bits per heavy atom. The predicted molar refractivity (Wildman–Crippen MR) is 65.8 cm³/mol. The number of nitrogens with one attached hydrogen (secondary N) is 1. The topological polar surface area (TPSA) is 58.9 Å². The monoisotopic (exact) mass is 216 g/mol. The second kappa shape index (κ2) is 4.10. The maximum absolute atomic E-state index is 11.3. The highest BCUT2D eigenvalue weighted by Gasteiger charge is 2.09. The van der Waals surface area contributed by atoms with Gasteiger partial charge in [0.25, 0.3) is 0 Å². The third-order valence-corrected chi connectivity index (χ3v) is 2.92. The minimum atomic E-state index is 0.0967. The third-order valence-electron chi connectivity index (χ3n) is 2.92. The zero-order valence-electron chi connectivity index (χ0n) is 9.63. The summed E-state index contributed by atoms with van der Waals surface area (Å²) in [7, 11) is 0. The summed E-state index contributed by atoms with van der Waals surface area (Å²) in [6, 6.07) is 5.76. The summed E-state index contributed by atoms with van der Waals surface area (Å²) < 4.78 is 0. The second-order valence-electron chi connectivity index (χ2n) is 4.08. The van der Waals surface area contributed by atoms with Crippen molar-refractivity contribution < 1.29 is 4.79 Å². The number of carbonyl (C=O) groups excluding carboxylic acids is 1. The summed E-state index contributed by atoms with van der Waals surface area (Å²) in [6.07, 6.45) is 0.840. The van der Waals surface area contributed by atoms with Gasteiger partial charge >= 0.3 is 0 Å². The summed E-state index contributed by atoms with van der Waals surface area (Å²) in [6.45, 7) is 4.25. The van der Waals surface area contributed by atoms with Gasteiger partial charge in [0.1, 0.15) is 0 Å². The van der Waals surface area contributed by atoms with E-state index in [9.17, 15) is 4.79 Å². The number of Topliss-reactive ketones (excluding diaryl/α,β-unsaturated/α-hetero) is 1. The second-order valence-corrected chi connectivity index (χ2v) is 4.08. The van der Waals surface area contributed by atoms with Crippen molar-refractivity contribution in [1.29, 1.82) is 0 Å². The fourth-order valence-electron chi connectivity index (χ4n) is 2.07. The minimum Gasteiger partial charge on any atom is -0.358 e. The largest absolute Gasteiger partial charge is 0.358 e. The number of hydrogen-bond acceptors (Lipinski definition) is 2. The molecule has 0 saturated carbocycles. The first-order valence-corrected chi connectivity index (χ1v) is 5.45. The van der Waals surface area contributed by atoms with Crippen LogP contribution in [-0.4, -0.2) is 17.3 Å². The van der Waals surface area contributed by atoms with Crippen molar-refractivity contribution in [2.75, 3.05) is 6.54 Å². The number of rotatable bonds is 3. The number of aromatic nitrogens is 1. The lowest BCUT2D eigenvalue weighted by Crippen LogP contribution is -2.03. The van der Waals surface area contributed by atoms with Crippen LogP contribution in [0.2, 0.25) is 0 Å². The summed E-state index contributed by atoms with van der Waals surface area (Å²) in [5.74, 6) is 0.0967. The molecule has 2 aromatic rings. The molecule has 0 radical (unpaired) electrons. The molecule has 0 spiro atoms. The van der Waals surface area contributed by atoms with Gasteiger partial charge in [-0.15, -0.1) is 0 Å². The molecule has 0 amide bonds. The predicted octanol–water partition coefficient (Wildman–Crippen LogP) is 2.18. The highest BCUT2D eigenvalue weighted by molar-refractivity contribution is 5.99. The average molecular weight is 216 g/mol. The Balaban J connectivity index is 2.64. The molecular formula is C13H16N2O. The van der Waals surface area contributed by atoms with Crippen LogP contribution in [0.1, 0.15) is 28.5 Å². The number of fused-ring (bicyclic) bond motifs is 1. The van der Waals surface area contributed by atoms with E-state index in [4.69, 9.17) is 5.73 Å². The molecule has 3 heteroatoms. The molecule has 3 nitrogen and oxygen atoms in total. The summed E-state index contributed by atoms with van der Waals surface area (Å²) in [5.41, 5.74) is 9.79. The summed E-state index contributed by atoms with van der Waals surface area (Å²) in [5, 5.41) is 1.12. The molecule has 0 unspecified atom stereocenters. The van der Waals surface area contributed by atoms with Gasteiger partial charge in [0.05, 0.1) is 0 Å². The van der Waals surface area contributed by atoms with E-state index < -0.39 is 0 Å². The van der Waals surface area contributed by atoms with Crippen molar-refractivity contribution in [3.8, 4) is 0 Å². The first-order valence-electron chi connectivity index (χ1n) is 5.45. The highest BCUT2D eigenvalue weighted by Crippen LogP contribution is 2.23. The van der Waals surface area contributed by atoms with Crippen LogP contribution in [0.15, 0.2) is 18.2 Å². The van der Waals surface area contributed by atoms with Crippen LogP contribution < -0.4 is 5.73 Å². The molecule has 0 aliphatic carbocycles. The number of benzene rings is 1. The Labute approximate surface area is 94.6 Å². The van der Waals surface area contributed by atoms with Crippen LogP contribution in [0, 0.1) is 6.92 Å². The lowest BCUT2D eigenvalue weighted by molar-refractivity contribution is 0.101. The van der Waals surface area contributed by atoms with E-state index in [-0.39, 0.29) is 5.78 Å². The molecule has 0 saturated heterocycles. The Morgan fingerprint density at radius 1 is 1.44 bits per heavy atom. The molecule has 0 bridgehead atoms. The van der Waals surface area contributed by atoms with E-state index in [1.54, 1.807) is 6.92 Å². The van der Waals surface area contributed by atoms with E-state index in [1.165, 1.54) is 5.56 Å². The number of H-pyrrole nitrogens is 1. The maximum atomic E-state index is 11.3. The molecule has 1 aromatic heterocycles. The van der Waals surface area contributed by atoms with E-state index in [0.29, 0.717) is 6.54 Å². The fraction of sp³-hybridized carbons (Fsp3) is 0.308. The van der Waals surface area contributed by atoms with E-state index in [1.807, 2.05) is 25.1 Å². The van der Waals surface area contributed by atoms with Crippen molar-refractivity contribution in [2.24, 2.45) is 5.73 Å². The highest BCUT2D eigenvalue weighted by atomic mass is 16.1. The average Bonchev–Trinajstić information content (AvgIpc) is 2.55. The van der Waals surface area contributed by atoms with Crippen molar-refractivity contribution in [3.63, 3.8) is 0 Å². The molecule has 1 aromatic carbocycles. The number of aromatic amines is 1. The lowest BCUT2D eigenvalue weighted by Gasteiger charge is -2.00. The molecule has 0 fully saturated rings. The molecule has 3 N–H and O–H groups in total. The molecule has 0 atom stereocenters. The Bertz CT molecular complexity index is 540. The quantitative estimate of drug-likeness (QED) is 0.772. The number of hydrogen-bond donors (Lipinski definition) is 2. The van der Waals surface area contributed by atoms with Gasteiger partial charge in [0.15, 0.2) is 5.78 Å². The lowest BCUT2D eigenvalue weighted by atomic mass is 10.0. The molecule has 1 heterocycles. The summed E-state index contributed by atoms with van der Waals surface area (Å²) >= 11 is 0. The van der Waals surface area contributed by atoms with Crippen molar-refractivity contribution in [1.82, 2.24) is 4.98 Å². The Kier molecular flexibility index (Phi) is 2.79. The van der Waals surface area contributed by atoms with Crippen LogP contribution in [0.3, 0.4) is 0 Å². The number of aryl methyl sites for hydroxylation is 1. The minimum absolute atomic E-state index is 0.0967. The van der Waals surface area contributed by atoms with Crippen molar-refractivity contribution in [2.45, 2.75) is 20.3 Å². The smallest absolute Gasteiger partial charge is 0.159 e. The third kappa shape index (κ3) is 1.74. The van der Waals surface area contributed by atoms with E-state index >= 15 is 0 Å². The van der Waals surface area contributed by atoms with Gasteiger partial charge in [-0.25, -0.2) is 0 Å². The molecule has 2 rings (SSSR count). The van der Waals surface area contributed by atoms with Gasteiger partial charge in [-0.2, -0.15) is 0 Å². The number of nitrogens with two attached hydrogens (primary N) is 1. The first-order chi connectivity index (χ1) is 7.63. The van der Waals surface area contributed by atoms with Crippen LogP contribution in [0.4, 0.5) is 0 Å². The van der Waals surface area contributed by atoms with Crippen LogP contribution in [0.5, 0.6) is 0 Å². The molecule has 0 aliphatic rings. The zero-order chi connectivity index (χ0) is 11.7. The van der Waals surface area contributed by atoms with Gasteiger partial charge in [0, 0.05) is 22.2 Å². The number of carbonyl (C=O) groups is 1.